The van der Waals surface area contributed by atoms with Crippen LogP contribution >= 0.6 is 11.6 Å². The van der Waals surface area contributed by atoms with Gasteiger partial charge in [0.2, 0.25) is 11.7 Å². The second kappa shape index (κ2) is 7.96. The van der Waals surface area contributed by atoms with Crippen LogP contribution in [0.25, 0.3) is 23.0 Å². The van der Waals surface area contributed by atoms with Crippen molar-refractivity contribution in [3.05, 3.63) is 47.6 Å². The van der Waals surface area contributed by atoms with E-state index >= 15 is 0 Å². The van der Waals surface area contributed by atoms with Gasteiger partial charge in [0, 0.05) is 30.4 Å². The van der Waals surface area contributed by atoms with E-state index in [-0.39, 0.29) is 12.5 Å². The summed E-state index contributed by atoms with van der Waals surface area (Å²) < 4.78 is 12.0. The van der Waals surface area contributed by atoms with Gasteiger partial charge in [0.25, 0.3) is 5.89 Å². The van der Waals surface area contributed by atoms with Crippen LogP contribution in [0.3, 0.4) is 0 Å². The number of hydrogen-bond donors (Lipinski definition) is 1. The van der Waals surface area contributed by atoms with Crippen molar-refractivity contribution in [3.63, 3.8) is 0 Å². The Morgan fingerprint density at radius 3 is 3.04 bits per heavy atom. The maximum atomic E-state index is 12.0. The number of aromatic nitrogens is 3. The number of hydrogen-bond acceptors (Lipinski definition) is 5. The molecule has 0 fully saturated rings. The van der Waals surface area contributed by atoms with Gasteiger partial charge in [-0.15, -0.1) is 0 Å². The first-order valence-corrected chi connectivity index (χ1v) is 8.06. The average Bonchev–Trinajstić information content (AvgIpc) is 3.24. The van der Waals surface area contributed by atoms with Crippen molar-refractivity contribution in [2.45, 2.75) is 6.54 Å². The average molecular weight is 361 g/mol. The van der Waals surface area contributed by atoms with Gasteiger partial charge in [-0.3, -0.25) is 4.79 Å². The number of ether oxygens (including phenoxy) is 1. The molecule has 3 aromatic rings. The normalized spacial score (nSPS) is 10.8. The van der Waals surface area contributed by atoms with E-state index in [1.807, 2.05) is 24.3 Å². The molecule has 0 radical (unpaired) electrons. The molecule has 25 heavy (non-hydrogen) atoms. The molecule has 0 unspecified atom stereocenters. The highest BCUT2D eigenvalue weighted by molar-refractivity contribution is 6.30. The summed E-state index contributed by atoms with van der Waals surface area (Å²) in [6.45, 7) is 1.09. The summed E-state index contributed by atoms with van der Waals surface area (Å²) in [5, 5.41) is 7.36. The summed E-state index contributed by atoms with van der Waals surface area (Å²) >= 11 is 5.99. The standard InChI is InChI=1S/C17H17ClN4O3/c1-24-9-7-19-15(23)11-22-8-3-6-14(22)17-20-16(21-25-17)12-4-2-5-13(18)10-12/h2-6,8,10H,7,9,11H2,1H3,(H,19,23). The largest absolute Gasteiger partial charge is 0.383 e. The molecule has 8 heteroatoms. The topological polar surface area (TPSA) is 82.2 Å². The zero-order valence-corrected chi connectivity index (χ0v) is 14.4. The third-order valence-corrected chi connectivity index (χ3v) is 3.73. The summed E-state index contributed by atoms with van der Waals surface area (Å²) in [7, 11) is 1.59. The van der Waals surface area contributed by atoms with Gasteiger partial charge in [-0.25, -0.2) is 0 Å². The van der Waals surface area contributed by atoms with E-state index in [0.717, 1.165) is 5.56 Å². The van der Waals surface area contributed by atoms with Gasteiger partial charge >= 0.3 is 0 Å². The minimum Gasteiger partial charge on any atom is -0.383 e. The third-order valence-electron chi connectivity index (χ3n) is 3.50. The third kappa shape index (κ3) is 4.26. The van der Waals surface area contributed by atoms with Gasteiger partial charge < -0.3 is 19.1 Å². The maximum Gasteiger partial charge on any atom is 0.274 e. The molecule has 0 saturated carbocycles. The fraction of sp³-hybridized carbons (Fsp3) is 0.235. The lowest BCUT2D eigenvalue weighted by Crippen LogP contribution is -2.30. The number of methoxy groups -OCH3 is 1. The summed E-state index contributed by atoms with van der Waals surface area (Å²) in [6, 6.07) is 10.8. The molecule has 0 saturated heterocycles. The molecule has 0 spiro atoms. The summed E-state index contributed by atoms with van der Waals surface area (Å²) in [5.74, 6) is 0.656. The Kier molecular flexibility index (Phi) is 5.47. The SMILES string of the molecule is COCCNC(=O)Cn1cccc1-c1nc(-c2cccc(Cl)c2)no1. The molecule has 2 heterocycles. The van der Waals surface area contributed by atoms with E-state index < -0.39 is 0 Å². The molecule has 7 nitrogen and oxygen atoms in total. The van der Waals surface area contributed by atoms with Crippen molar-refractivity contribution in [2.24, 2.45) is 0 Å². The summed E-state index contributed by atoms with van der Waals surface area (Å²) in [4.78, 5) is 16.4. The van der Waals surface area contributed by atoms with E-state index in [1.165, 1.54) is 0 Å². The van der Waals surface area contributed by atoms with Crippen molar-refractivity contribution in [1.29, 1.82) is 0 Å². The molecular weight excluding hydrogens is 344 g/mol. The van der Waals surface area contributed by atoms with E-state index in [4.69, 9.17) is 20.9 Å². The number of nitrogens with zero attached hydrogens (tertiary/aromatic N) is 3. The van der Waals surface area contributed by atoms with Gasteiger partial charge in [-0.05, 0) is 24.3 Å². The first kappa shape index (κ1) is 17.2. The van der Waals surface area contributed by atoms with Crippen molar-refractivity contribution >= 4 is 17.5 Å². The second-order valence-corrected chi connectivity index (χ2v) is 5.73. The van der Waals surface area contributed by atoms with Gasteiger partial charge in [0.05, 0.1) is 6.61 Å². The molecule has 0 bridgehead atoms. The summed E-state index contributed by atoms with van der Waals surface area (Å²) in [5.41, 5.74) is 1.43. The Hall–Kier alpha value is -2.64. The molecule has 0 aliphatic rings. The number of nitrogens with one attached hydrogen (secondary N) is 1. The molecule has 1 N–H and O–H groups in total. The van der Waals surface area contributed by atoms with Crippen LogP contribution in [0.15, 0.2) is 47.1 Å². The van der Waals surface area contributed by atoms with Crippen LogP contribution < -0.4 is 5.32 Å². The van der Waals surface area contributed by atoms with Crippen molar-refractivity contribution in [1.82, 2.24) is 20.0 Å². The molecule has 3 rings (SSSR count). The quantitative estimate of drug-likeness (QED) is 0.655. The molecule has 130 valence electrons. The van der Waals surface area contributed by atoms with Crippen molar-refractivity contribution in [2.75, 3.05) is 20.3 Å². The number of carbonyl (C=O) groups is 1. The Labute approximate surface area is 149 Å². The number of halogens is 1. The Morgan fingerprint density at radius 2 is 2.24 bits per heavy atom. The summed E-state index contributed by atoms with van der Waals surface area (Å²) in [6.07, 6.45) is 1.79. The van der Waals surface area contributed by atoms with E-state index in [2.05, 4.69) is 15.5 Å². The van der Waals surface area contributed by atoms with Crippen LogP contribution in [0.1, 0.15) is 0 Å². The van der Waals surface area contributed by atoms with Crippen LogP contribution in [0, 0.1) is 0 Å². The predicted molar refractivity (Wildman–Crippen MR) is 93.1 cm³/mol. The smallest absolute Gasteiger partial charge is 0.274 e. The monoisotopic (exact) mass is 360 g/mol. The first-order chi connectivity index (χ1) is 12.2. The van der Waals surface area contributed by atoms with Crippen LogP contribution in [-0.2, 0) is 16.1 Å². The molecule has 1 amide bonds. The Morgan fingerprint density at radius 1 is 1.36 bits per heavy atom. The highest BCUT2D eigenvalue weighted by Gasteiger charge is 2.15. The van der Waals surface area contributed by atoms with Crippen LogP contribution in [-0.4, -0.2) is 40.9 Å². The van der Waals surface area contributed by atoms with Crippen LogP contribution in [0.2, 0.25) is 5.02 Å². The van der Waals surface area contributed by atoms with E-state index in [9.17, 15) is 4.79 Å². The van der Waals surface area contributed by atoms with Crippen molar-refractivity contribution < 1.29 is 14.1 Å². The lowest BCUT2D eigenvalue weighted by atomic mass is 10.2. The van der Waals surface area contributed by atoms with Gasteiger partial charge in [-0.1, -0.05) is 28.9 Å². The second-order valence-electron chi connectivity index (χ2n) is 5.30. The number of amides is 1. The van der Waals surface area contributed by atoms with Gasteiger partial charge in [-0.2, -0.15) is 4.98 Å². The number of carbonyl (C=O) groups excluding carboxylic acids is 1. The van der Waals surface area contributed by atoms with E-state index in [0.29, 0.717) is 35.6 Å². The number of rotatable bonds is 7. The zero-order chi connectivity index (χ0) is 17.6. The fourth-order valence-electron chi connectivity index (χ4n) is 2.32. The number of benzene rings is 1. The van der Waals surface area contributed by atoms with Gasteiger partial charge in [0.15, 0.2) is 0 Å². The molecule has 0 aliphatic heterocycles. The fourth-order valence-corrected chi connectivity index (χ4v) is 2.51. The lowest BCUT2D eigenvalue weighted by molar-refractivity contribution is -0.121. The minimum absolute atomic E-state index is 0.121. The molecular formula is C17H17ClN4O3. The van der Waals surface area contributed by atoms with Gasteiger partial charge in [0.1, 0.15) is 12.2 Å². The molecule has 2 aromatic heterocycles. The molecule has 0 aliphatic carbocycles. The maximum absolute atomic E-state index is 12.0. The Bertz CT molecular complexity index is 859. The predicted octanol–water partition coefficient (Wildman–Crippen LogP) is 2.62. The molecule has 0 atom stereocenters. The Balaban J connectivity index is 1.75. The van der Waals surface area contributed by atoms with E-state index in [1.54, 1.807) is 30.0 Å². The highest BCUT2D eigenvalue weighted by atomic mass is 35.5. The highest BCUT2D eigenvalue weighted by Crippen LogP contribution is 2.24. The lowest BCUT2D eigenvalue weighted by Gasteiger charge is -2.07. The van der Waals surface area contributed by atoms with Crippen molar-refractivity contribution in [3.8, 4) is 23.0 Å². The van der Waals surface area contributed by atoms with Crippen LogP contribution in [0.5, 0.6) is 0 Å². The van der Waals surface area contributed by atoms with Crippen LogP contribution in [0.4, 0.5) is 0 Å². The first-order valence-electron chi connectivity index (χ1n) is 7.68. The minimum atomic E-state index is -0.121. The zero-order valence-electron chi connectivity index (χ0n) is 13.6. The molecule has 1 aromatic carbocycles.